The number of carbonyl (C=O) groups is 2. The highest BCUT2D eigenvalue weighted by Gasteiger charge is 2.30. The predicted octanol–water partition coefficient (Wildman–Crippen LogP) is 3.06. The van der Waals surface area contributed by atoms with Crippen LogP contribution in [0, 0.1) is 0 Å². The molecule has 1 aliphatic heterocycles. The molecule has 166 valence electrons. The molecule has 2 aromatic rings. The van der Waals surface area contributed by atoms with Gasteiger partial charge in [-0.25, -0.2) is 8.42 Å². The Morgan fingerprint density at radius 1 is 0.935 bits per heavy atom. The number of hydrogen-bond acceptors (Lipinski definition) is 5. The molecule has 2 aromatic carbocycles. The number of hydrogen-bond donors (Lipinski definition) is 0. The Labute approximate surface area is 183 Å². The lowest BCUT2D eigenvalue weighted by Crippen LogP contribution is -2.50. The van der Waals surface area contributed by atoms with Crippen LogP contribution in [-0.4, -0.2) is 55.7 Å². The lowest BCUT2D eigenvalue weighted by Gasteiger charge is -2.34. The molecule has 8 heteroatoms. The second-order valence-electron chi connectivity index (χ2n) is 8.59. The smallest absolute Gasteiger partial charge is 0.308 e. The van der Waals surface area contributed by atoms with E-state index in [1.165, 1.54) is 17.3 Å². The fourth-order valence-corrected chi connectivity index (χ4v) is 4.87. The number of nitrogens with zero attached hydrogens (tertiary/aromatic N) is 2. The van der Waals surface area contributed by atoms with E-state index in [1.807, 2.05) is 12.1 Å². The van der Waals surface area contributed by atoms with Gasteiger partial charge in [-0.15, -0.1) is 0 Å². The van der Waals surface area contributed by atoms with Gasteiger partial charge >= 0.3 is 5.97 Å². The zero-order chi connectivity index (χ0) is 22.8. The molecule has 1 amide bonds. The van der Waals surface area contributed by atoms with Gasteiger partial charge in [-0.05, 0) is 41.3 Å². The van der Waals surface area contributed by atoms with Gasteiger partial charge in [0.2, 0.25) is 10.0 Å². The van der Waals surface area contributed by atoms with Crippen molar-refractivity contribution in [3.63, 3.8) is 0 Å². The highest BCUT2D eigenvalue weighted by Crippen LogP contribution is 2.25. The molecule has 0 unspecified atom stereocenters. The van der Waals surface area contributed by atoms with E-state index in [0.29, 0.717) is 11.3 Å². The molecule has 7 nitrogen and oxygen atoms in total. The van der Waals surface area contributed by atoms with Crippen LogP contribution in [0.1, 0.15) is 43.6 Å². The number of piperazine rings is 1. The van der Waals surface area contributed by atoms with Crippen LogP contribution >= 0.6 is 0 Å². The summed E-state index contributed by atoms with van der Waals surface area (Å²) in [4.78, 5) is 25.8. The SMILES string of the molecule is CC(=O)Oc1cccc(C(=O)N2CCN(S(=O)(=O)c3ccc(C(C)(C)C)cc3)CC2)c1. The van der Waals surface area contributed by atoms with Crippen molar-refractivity contribution in [3.8, 4) is 5.75 Å². The van der Waals surface area contributed by atoms with Gasteiger partial charge in [-0.2, -0.15) is 4.31 Å². The largest absolute Gasteiger partial charge is 0.427 e. The number of rotatable bonds is 4. The summed E-state index contributed by atoms with van der Waals surface area (Å²) in [7, 11) is -3.62. The quantitative estimate of drug-likeness (QED) is 0.535. The lowest BCUT2D eigenvalue weighted by molar-refractivity contribution is -0.131. The number of esters is 1. The van der Waals surface area contributed by atoms with Gasteiger partial charge in [0.25, 0.3) is 5.91 Å². The summed E-state index contributed by atoms with van der Waals surface area (Å²) in [6, 6.07) is 13.4. The van der Waals surface area contributed by atoms with Gasteiger partial charge in [-0.3, -0.25) is 9.59 Å². The van der Waals surface area contributed by atoms with Crippen LogP contribution in [0.25, 0.3) is 0 Å². The Balaban J connectivity index is 1.67. The standard InChI is InChI=1S/C23H28N2O5S/c1-17(26)30-20-7-5-6-18(16-20)22(27)24-12-14-25(15-13-24)31(28,29)21-10-8-19(9-11-21)23(2,3)4/h5-11,16H,12-15H2,1-4H3. The molecule has 1 aliphatic rings. The summed E-state index contributed by atoms with van der Waals surface area (Å²) < 4.78 is 32.5. The van der Waals surface area contributed by atoms with Crippen LogP contribution in [-0.2, 0) is 20.2 Å². The summed E-state index contributed by atoms with van der Waals surface area (Å²) >= 11 is 0. The molecule has 1 heterocycles. The van der Waals surface area contributed by atoms with Crippen molar-refractivity contribution >= 4 is 21.9 Å². The van der Waals surface area contributed by atoms with Crippen molar-refractivity contribution in [1.29, 1.82) is 0 Å². The van der Waals surface area contributed by atoms with Crippen LogP contribution < -0.4 is 4.74 Å². The molecular weight excluding hydrogens is 416 g/mol. The summed E-state index contributed by atoms with van der Waals surface area (Å²) in [6.07, 6.45) is 0. The highest BCUT2D eigenvalue weighted by atomic mass is 32.2. The van der Waals surface area contributed by atoms with Crippen LogP contribution in [0.15, 0.2) is 53.4 Å². The van der Waals surface area contributed by atoms with E-state index in [-0.39, 0.29) is 42.4 Å². The molecule has 0 radical (unpaired) electrons. The molecule has 0 aliphatic carbocycles. The molecular formula is C23H28N2O5S. The number of carbonyl (C=O) groups excluding carboxylic acids is 2. The monoisotopic (exact) mass is 444 g/mol. The number of benzene rings is 2. The maximum atomic E-state index is 13.0. The summed E-state index contributed by atoms with van der Waals surface area (Å²) in [5.74, 6) is -0.377. The Morgan fingerprint density at radius 2 is 1.55 bits per heavy atom. The molecule has 0 spiro atoms. The fraction of sp³-hybridized carbons (Fsp3) is 0.391. The first-order valence-corrected chi connectivity index (χ1v) is 11.6. The van der Waals surface area contributed by atoms with E-state index >= 15 is 0 Å². The average molecular weight is 445 g/mol. The average Bonchev–Trinajstić information content (AvgIpc) is 2.72. The summed E-state index contributed by atoms with van der Waals surface area (Å²) in [5.41, 5.74) is 1.41. The maximum absolute atomic E-state index is 13.0. The molecule has 0 N–H and O–H groups in total. The Bertz CT molecular complexity index is 1060. The minimum absolute atomic E-state index is 0.0545. The van der Waals surface area contributed by atoms with E-state index in [9.17, 15) is 18.0 Å². The van der Waals surface area contributed by atoms with Crippen molar-refractivity contribution < 1.29 is 22.7 Å². The van der Waals surface area contributed by atoms with Gasteiger partial charge in [0, 0.05) is 38.7 Å². The number of amides is 1. The third-order valence-corrected chi connectivity index (χ3v) is 7.14. The van der Waals surface area contributed by atoms with E-state index in [0.717, 1.165) is 5.56 Å². The zero-order valence-corrected chi connectivity index (χ0v) is 19.1. The molecule has 0 saturated carbocycles. The van der Waals surface area contributed by atoms with E-state index in [2.05, 4.69) is 20.8 Å². The summed E-state index contributed by atoms with van der Waals surface area (Å²) in [6.45, 7) is 8.55. The van der Waals surface area contributed by atoms with Crippen LogP contribution in [0.2, 0.25) is 0 Å². The van der Waals surface area contributed by atoms with E-state index in [4.69, 9.17) is 4.74 Å². The summed E-state index contributed by atoms with van der Waals surface area (Å²) in [5, 5.41) is 0. The topological polar surface area (TPSA) is 84.0 Å². The first kappa shape index (κ1) is 23.0. The highest BCUT2D eigenvalue weighted by molar-refractivity contribution is 7.89. The van der Waals surface area contributed by atoms with E-state index < -0.39 is 16.0 Å². The third kappa shape index (κ3) is 5.32. The Morgan fingerprint density at radius 3 is 2.10 bits per heavy atom. The molecule has 1 fully saturated rings. The van der Waals surface area contributed by atoms with Crippen molar-refractivity contribution in [1.82, 2.24) is 9.21 Å². The van der Waals surface area contributed by atoms with Crippen molar-refractivity contribution in [2.75, 3.05) is 26.2 Å². The van der Waals surface area contributed by atoms with Crippen LogP contribution in [0.5, 0.6) is 5.75 Å². The Kier molecular flexibility index (Phi) is 6.52. The molecule has 0 aromatic heterocycles. The third-order valence-electron chi connectivity index (χ3n) is 5.23. The van der Waals surface area contributed by atoms with Crippen LogP contribution in [0.3, 0.4) is 0 Å². The normalized spacial score (nSPS) is 15.5. The van der Waals surface area contributed by atoms with Gasteiger partial charge in [0.1, 0.15) is 5.75 Å². The minimum Gasteiger partial charge on any atom is -0.427 e. The van der Waals surface area contributed by atoms with Gasteiger partial charge in [0.05, 0.1) is 4.90 Å². The zero-order valence-electron chi connectivity index (χ0n) is 18.3. The van der Waals surface area contributed by atoms with Crippen molar-refractivity contribution in [2.45, 2.75) is 38.0 Å². The molecule has 0 atom stereocenters. The Hall–Kier alpha value is -2.71. The molecule has 31 heavy (non-hydrogen) atoms. The van der Waals surface area contributed by atoms with Crippen molar-refractivity contribution in [3.05, 3.63) is 59.7 Å². The first-order valence-electron chi connectivity index (χ1n) is 10.2. The lowest BCUT2D eigenvalue weighted by atomic mass is 9.87. The van der Waals surface area contributed by atoms with Gasteiger partial charge < -0.3 is 9.64 Å². The maximum Gasteiger partial charge on any atom is 0.308 e. The van der Waals surface area contributed by atoms with Gasteiger partial charge in [0.15, 0.2) is 0 Å². The molecule has 3 rings (SSSR count). The fourth-order valence-electron chi connectivity index (χ4n) is 3.45. The number of sulfonamides is 1. The molecule has 1 saturated heterocycles. The van der Waals surface area contributed by atoms with Crippen LogP contribution in [0.4, 0.5) is 0 Å². The molecule has 0 bridgehead atoms. The number of ether oxygens (including phenoxy) is 1. The predicted molar refractivity (Wildman–Crippen MR) is 118 cm³/mol. The van der Waals surface area contributed by atoms with E-state index in [1.54, 1.807) is 35.2 Å². The first-order chi connectivity index (χ1) is 14.5. The van der Waals surface area contributed by atoms with Gasteiger partial charge in [-0.1, -0.05) is 39.0 Å². The van der Waals surface area contributed by atoms with Crippen molar-refractivity contribution in [2.24, 2.45) is 0 Å². The second kappa shape index (κ2) is 8.80. The second-order valence-corrected chi connectivity index (χ2v) is 10.5. The minimum atomic E-state index is -3.62.